The molecule has 0 bridgehead atoms. The van der Waals surface area contributed by atoms with Gasteiger partial charge in [-0.05, 0) is 42.7 Å². The van der Waals surface area contributed by atoms with Gasteiger partial charge in [-0.1, -0.05) is 67.1 Å². The average Bonchev–Trinajstić information content (AvgIpc) is 2.75. The number of sulfonamides is 1. The summed E-state index contributed by atoms with van der Waals surface area (Å²) in [5.74, 6) is -0.0467. The zero-order valence-corrected chi connectivity index (χ0v) is 20.0. The van der Waals surface area contributed by atoms with Gasteiger partial charge >= 0.3 is 0 Å². The van der Waals surface area contributed by atoms with Crippen molar-refractivity contribution in [2.24, 2.45) is 0 Å². The first-order valence-electron chi connectivity index (χ1n) is 10.6. The Bertz CT molecular complexity index is 1030. The molecule has 0 aromatic heterocycles. The lowest BCUT2D eigenvalue weighted by molar-refractivity contribution is -0.116. The van der Waals surface area contributed by atoms with E-state index in [-0.39, 0.29) is 22.4 Å². The molecule has 0 N–H and O–H groups in total. The third-order valence-electron chi connectivity index (χ3n) is 5.56. The Morgan fingerprint density at radius 3 is 2.26 bits per heavy atom. The number of fused-ring (bicyclic) bond motifs is 1. The van der Waals surface area contributed by atoms with Crippen molar-refractivity contribution in [2.45, 2.75) is 56.9 Å². The van der Waals surface area contributed by atoms with Crippen molar-refractivity contribution >= 4 is 44.8 Å². The number of carbonyl (C=O) groups excluding carboxylic acids is 1. The molecule has 1 aliphatic heterocycles. The summed E-state index contributed by atoms with van der Waals surface area (Å²) in [6.45, 7) is 2.71. The van der Waals surface area contributed by atoms with E-state index in [1.165, 1.54) is 16.4 Å². The molecule has 0 radical (unpaired) electrons. The first-order chi connectivity index (χ1) is 14.8. The number of para-hydroxylation sites is 1. The molecule has 3 rings (SSSR count). The van der Waals surface area contributed by atoms with Crippen LogP contribution in [0.5, 0.6) is 0 Å². The Labute approximate surface area is 195 Å². The van der Waals surface area contributed by atoms with Crippen molar-refractivity contribution in [2.75, 3.05) is 18.0 Å². The van der Waals surface area contributed by atoms with Crippen molar-refractivity contribution in [1.29, 1.82) is 0 Å². The molecule has 2 aromatic rings. The maximum atomic E-state index is 13.6. The monoisotopic (exact) mass is 482 g/mol. The fraction of sp³-hybridized carbons (Fsp3) is 0.435. The summed E-state index contributed by atoms with van der Waals surface area (Å²) < 4.78 is 28.6. The molecular formula is C23H28Cl2N2O3S. The zero-order chi connectivity index (χ0) is 22.4. The number of nitrogens with zero attached hydrogens (tertiary/aromatic N) is 2. The third-order valence-corrected chi connectivity index (χ3v) is 8.12. The summed E-state index contributed by atoms with van der Waals surface area (Å²) in [5, 5.41) is 0.461. The number of anilines is 1. The van der Waals surface area contributed by atoms with Gasteiger partial charge in [-0.15, -0.1) is 0 Å². The van der Waals surface area contributed by atoms with Crippen LogP contribution in [-0.4, -0.2) is 31.7 Å². The number of hydrogen-bond donors (Lipinski definition) is 0. The van der Waals surface area contributed by atoms with Gasteiger partial charge in [-0.3, -0.25) is 4.79 Å². The van der Waals surface area contributed by atoms with Crippen LogP contribution in [0, 0.1) is 0 Å². The molecule has 0 unspecified atom stereocenters. The minimum Gasteiger partial charge on any atom is -0.312 e. The van der Waals surface area contributed by atoms with Gasteiger partial charge in [0.25, 0.3) is 0 Å². The second-order valence-corrected chi connectivity index (χ2v) is 10.6. The van der Waals surface area contributed by atoms with Gasteiger partial charge in [0.2, 0.25) is 15.9 Å². The number of halogens is 2. The molecule has 0 atom stereocenters. The van der Waals surface area contributed by atoms with Crippen molar-refractivity contribution in [1.82, 2.24) is 4.31 Å². The lowest BCUT2D eigenvalue weighted by Crippen LogP contribution is -2.34. The van der Waals surface area contributed by atoms with Crippen molar-refractivity contribution in [3.63, 3.8) is 0 Å². The molecule has 0 aliphatic carbocycles. The lowest BCUT2D eigenvalue weighted by atomic mass is 10.1. The van der Waals surface area contributed by atoms with Gasteiger partial charge in [-0.2, -0.15) is 4.31 Å². The summed E-state index contributed by atoms with van der Waals surface area (Å²) in [6, 6.07) is 12.0. The molecule has 0 fully saturated rings. The third kappa shape index (κ3) is 6.01. The molecule has 1 aliphatic rings. The highest BCUT2D eigenvalue weighted by molar-refractivity contribution is 7.89. The zero-order valence-electron chi connectivity index (χ0n) is 17.7. The van der Waals surface area contributed by atoms with Gasteiger partial charge in [-0.25, -0.2) is 8.42 Å². The predicted molar refractivity (Wildman–Crippen MR) is 126 cm³/mol. The average molecular weight is 483 g/mol. The topological polar surface area (TPSA) is 57.7 Å². The van der Waals surface area contributed by atoms with Crippen LogP contribution in [0.3, 0.4) is 0 Å². The number of hydrogen-bond acceptors (Lipinski definition) is 3. The number of carbonyl (C=O) groups is 1. The first kappa shape index (κ1) is 24.1. The van der Waals surface area contributed by atoms with Crippen LogP contribution in [0.1, 0.15) is 51.0 Å². The quantitative estimate of drug-likeness (QED) is 0.535. The second kappa shape index (κ2) is 10.8. The molecule has 8 heteroatoms. The van der Waals surface area contributed by atoms with E-state index in [9.17, 15) is 13.2 Å². The van der Waals surface area contributed by atoms with Crippen LogP contribution in [0.4, 0.5) is 5.69 Å². The number of amides is 1. The van der Waals surface area contributed by atoms with Gasteiger partial charge in [0.1, 0.15) is 4.90 Å². The maximum absolute atomic E-state index is 13.6. The molecule has 5 nitrogen and oxygen atoms in total. The number of rotatable bonds is 2. The van der Waals surface area contributed by atoms with Crippen LogP contribution in [0.15, 0.2) is 47.4 Å². The maximum Gasteiger partial charge on any atom is 0.244 e. The van der Waals surface area contributed by atoms with Crippen molar-refractivity contribution in [3.8, 4) is 0 Å². The van der Waals surface area contributed by atoms with E-state index in [0.717, 1.165) is 49.8 Å². The molecule has 0 spiro atoms. The standard InChI is InChI=1S/C23H28Cl2N2O3S/c1-18(28)27-15-9-5-3-2-4-8-14-26(17-19-10-6-7-11-22(19)27)31(29,30)23-16-20(24)12-13-21(23)25/h6-7,10-13,16H,2-5,8-9,14-15,17H2,1H3. The molecule has 1 amide bonds. The van der Waals surface area contributed by atoms with E-state index in [1.54, 1.807) is 17.9 Å². The summed E-state index contributed by atoms with van der Waals surface area (Å²) in [6.07, 6.45) is 5.79. The minimum atomic E-state index is -3.88. The van der Waals surface area contributed by atoms with Crippen LogP contribution in [0.25, 0.3) is 0 Å². The molecule has 0 saturated carbocycles. The second-order valence-electron chi connectivity index (χ2n) is 7.83. The van der Waals surface area contributed by atoms with Crippen LogP contribution in [0.2, 0.25) is 10.0 Å². The Kier molecular flexibility index (Phi) is 8.39. The normalized spacial score (nSPS) is 17.2. The van der Waals surface area contributed by atoms with Gasteiger partial charge in [0.05, 0.1) is 5.02 Å². The summed E-state index contributed by atoms with van der Waals surface area (Å²) >= 11 is 12.3. The molecular weight excluding hydrogens is 455 g/mol. The predicted octanol–water partition coefficient (Wildman–Crippen LogP) is 5.89. The van der Waals surface area contributed by atoms with Crippen molar-refractivity contribution < 1.29 is 13.2 Å². The number of benzene rings is 2. The highest BCUT2D eigenvalue weighted by Gasteiger charge is 2.28. The Morgan fingerprint density at radius 1 is 0.903 bits per heavy atom. The molecule has 31 heavy (non-hydrogen) atoms. The smallest absolute Gasteiger partial charge is 0.244 e. The fourth-order valence-electron chi connectivity index (χ4n) is 3.91. The fourth-order valence-corrected chi connectivity index (χ4v) is 6.10. The highest BCUT2D eigenvalue weighted by atomic mass is 35.5. The van der Waals surface area contributed by atoms with Crippen LogP contribution in [-0.2, 0) is 21.4 Å². The molecule has 1 heterocycles. The largest absolute Gasteiger partial charge is 0.312 e. The van der Waals surface area contributed by atoms with Gasteiger partial charge < -0.3 is 4.90 Å². The van der Waals surface area contributed by atoms with Gasteiger partial charge in [0.15, 0.2) is 0 Å². The van der Waals surface area contributed by atoms with E-state index in [2.05, 4.69) is 0 Å². The summed E-state index contributed by atoms with van der Waals surface area (Å²) in [7, 11) is -3.88. The summed E-state index contributed by atoms with van der Waals surface area (Å²) in [5.41, 5.74) is 1.55. The minimum absolute atomic E-state index is 0.00638. The Morgan fingerprint density at radius 2 is 1.55 bits per heavy atom. The van der Waals surface area contributed by atoms with Gasteiger partial charge in [0, 0.05) is 37.3 Å². The van der Waals surface area contributed by atoms with E-state index in [1.807, 2.05) is 24.3 Å². The van der Waals surface area contributed by atoms with E-state index >= 15 is 0 Å². The van der Waals surface area contributed by atoms with Crippen molar-refractivity contribution in [3.05, 3.63) is 58.1 Å². The van der Waals surface area contributed by atoms with E-state index in [0.29, 0.717) is 18.1 Å². The first-order valence-corrected chi connectivity index (χ1v) is 12.8. The highest BCUT2D eigenvalue weighted by Crippen LogP contribution is 2.31. The molecule has 0 saturated heterocycles. The van der Waals surface area contributed by atoms with E-state index in [4.69, 9.17) is 23.2 Å². The lowest BCUT2D eigenvalue weighted by Gasteiger charge is -2.27. The summed E-state index contributed by atoms with van der Waals surface area (Å²) in [4.78, 5) is 14.2. The Hall–Kier alpha value is -1.60. The SMILES string of the molecule is CC(=O)N1CCCCCCCCN(S(=O)(=O)c2cc(Cl)ccc2Cl)Cc2ccccc21. The van der Waals surface area contributed by atoms with E-state index < -0.39 is 10.0 Å². The molecule has 2 aromatic carbocycles. The molecule has 168 valence electrons. The van der Waals surface area contributed by atoms with Crippen LogP contribution >= 0.6 is 23.2 Å². The Balaban J connectivity index is 2.04. The van der Waals surface area contributed by atoms with Crippen LogP contribution < -0.4 is 4.90 Å².